The maximum absolute atomic E-state index is 5.44. The second-order valence-corrected chi connectivity index (χ2v) is 6.01. The van der Waals surface area contributed by atoms with Crippen LogP contribution in [0.2, 0.25) is 0 Å². The Labute approximate surface area is 132 Å². The fourth-order valence-electron chi connectivity index (χ4n) is 2.55. The number of unbranched alkanes of at least 4 members (excludes halogenated alkanes) is 13. The maximum Gasteiger partial charge on any atom is 0.203 e. The van der Waals surface area contributed by atoms with Crippen LogP contribution in [0.1, 0.15) is 96.8 Å². The molecule has 0 aromatic rings. The van der Waals surface area contributed by atoms with Crippen molar-refractivity contribution in [1.82, 2.24) is 5.43 Å². The van der Waals surface area contributed by atoms with E-state index in [0.29, 0.717) is 5.96 Å². The van der Waals surface area contributed by atoms with Gasteiger partial charge < -0.3 is 5.73 Å². The Hall–Kier alpha value is -0.770. The summed E-state index contributed by atoms with van der Waals surface area (Å²) in [5.41, 5.74) is 7.78. The highest BCUT2D eigenvalue weighted by Gasteiger charge is 1.94. The van der Waals surface area contributed by atoms with Crippen molar-refractivity contribution in [2.75, 3.05) is 6.54 Å². The lowest BCUT2D eigenvalue weighted by atomic mass is 10.0. The molecule has 0 aliphatic rings. The van der Waals surface area contributed by atoms with E-state index in [1.165, 1.54) is 83.5 Å². The van der Waals surface area contributed by atoms with Crippen molar-refractivity contribution in [3.8, 4) is 0 Å². The van der Waals surface area contributed by atoms with Gasteiger partial charge in [0.2, 0.25) is 5.96 Å². The van der Waals surface area contributed by atoms with Crippen LogP contribution in [0.3, 0.4) is 0 Å². The highest BCUT2D eigenvalue weighted by atomic mass is 15.3. The zero-order valence-corrected chi connectivity index (χ0v) is 14.2. The molecule has 4 nitrogen and oxygen atoms in total. The second-order valence-electron chi connectivity index (χ2n) is 6.01. The molecule has 0 aliphatic heterocycles. The summed E-state index contributed by atoms with van der Waals surface area (Å²) in [4.78, 5) is 4.10. The molecule has 0 amide bonds. The molecule has 0 aromatic carbocycles. The zero-order chi connectivity index (χ0) is 15.6. The third-order valence-electron chi connectivity index (χ3n) is 3.94. The van der Waals surface area contributed by atoms with Gasteiger partial charge in [-0.1, -0.05) is 90.4 Å². The molecule has 0 atom stereocenters. The number of nitrogens with one attached hydrogen (secondary N) is 1. The van der Waals surface area contributed by atoms with Gasteiger partial charge in [0, 0.05) is 6.54 Å². The van der Waals surface area contributed by atoms with Crippen LogP contribution in [-0.4, -0.2) is 12.5 Å². The molecule has 0 spiro atoms. The fraction of sp³-hybridized carbons (Fsp3) is 0.941. The molecule has 0 aromatic heterocycles. The molecular weight excluding hydrogens is 260 g/mol. The van der Waals surface area contributed by atoms with Crippen molar-refractivity contribution in [3.05, 3.63) is 0 Å². The Morgan fingerprint density at radius 2 is 1.10 bits per heavy atom. The van der Waals surface area contributed by atoms with Gasteiger partial charge in [-0.3, -0.25) is 10.4 Å². The van der Waals surface area contributed by atoms with Crippen LogP contribution in [0.5, 0.6) is 0 Å². The van der Waals surface area contributed by atoms with Gasteiger partial charge in [-0.05, 0) is 6.42 Å². The summed E-state index contributed by atoms with van der Waals surface area (Å²) in [5, 5.41) is 0. The average Bonchev–Trinajstić information content (AvgIpc) is 2.50. The Bertz CT molecular complexity index is 229. The summed E-state index contributed by atoms with van der Waals surface area (Å²) < 4.78 is 0. The highest BCUT2D eigenvalue weighted by molar-refractivity contribution is 5.76. The first kappa shape index (κ1) is 20.2. The van der Waals surface area contributed by atoms with Gasteiger partial charge in [0.15, 0.2) is 0 Å². The van der Waals surface area contributed by atoms with E-state index in [1.54, 1.807) is 0 Å². The minimum atomic E-state index is 0.338. The first-order valence-corrected chi connectivity index (χ1v) is 9.07. The smallest absolute Gasteiger partial charge is 0.203 e. The first-order chi connectivity index (χ1) is 10.3. The molecule has 0 saturated heterocycles. The Morgan fingerprint density at radius 1 is 0.714 bits per heavy atom. The molecule has 0 unspecified atom stereocenters. The topological polar surface area (TPSA) is 76.4 Å². The van der Waals surface area contributed by atoms with Crippen molar-refractivity contribution < 1.29 is 0 Å². The third-order valence-corrected chi connectivity index (χ3v) is 3.94. The number of aliphatic imine (C=N–C) groups is 1. The van der Waals surface area contributed by atoms with Crippen molar-refractivity contribution >= 4 is 5.96 Å². The highest BCUT2D eigenvalue weighted by Crippen LogP contribution is 2.12. The molecular formula is C17H38N4. The molecule has 0 fully saturated rings. The first-order valence-electron chi connectivity index (χ1n) is 9.07. The number of nitrogens with zero attached hydrogens (tertiary/aromatic N) is 1. The summed E-state index contributed by atoms with van der Waals surface area (Å²) in [6.07, 6.45) is 19.3. The summed E-state index contributed by atoms with van der Waals surface area (Å²) >= 11 is 0. The molecule has 4 heteroatoms. The van der Waals surface area contributed by atoms with Gasteiger partial charge >= 0.3 is 0 Å². The van der Waals surface area contributed by atoms with Gasteiger partial charge in [-0.2, -0.15) is 0 Å². The minimum Gasteiger partial charge on any atom is -0.369 e. The largest absolute Gasteiger partial charge is 0.369 e. The normalized spacial score (nSPS) is 11.8. The van der Waals surface area contributed by atoms with E-state index in [1.807, 2.05) is 0 Å². The van der Waals surface area contributed by atoms with Crippen LogP contribution in [0.15, 0.2) is 4.99 Å². The lowest BCUT2D eigenvalue weighted by Crippen LogP contribution is -2.37. The standard InChI is InChI=1S/C17H38N4/c1-2-3-4-5-6-7-8-9-10-11-12-13-14-15-16-20-17(18)21-19/h2-16,19H2,1H3,(H3,18,20,21). The van der Waals surface area contributed by atoms with Gasteiger partial charge in [-0.25, -0.2) is 5.84 Å². The predicted octanol–water partition coefficient (Wildman–Crippen LogP) is 4.25. The quantitative estimate of drug-likeness (QED) is 0.139. The molecule has 0 rings (SSSR count). The second kappa shape index (κ2) is 17.3. The summed E-state index contributed by atoms with van der Waals surface area (Å²) in [7, 11) is 0. The Balaban J connectivity index is 3.03. The van der Waals surface area contributed by atoms with Crippen LogP contribution < -0.4 is 17.0 Å². The van der Waals surface area contributed by atoms with Gasteiger partial charge in [0.25, 0.3) is 0 Å². The molecule has 0 saturated carbocycles. The number of hydrogen-bond acceptors (Lipinski definition) is 2. The SMILES string of the molecule is CCCCCCCCCCCCCCCCN=C(N)NN. The number of hydrogen-bond donors (Lipinski definition) is 3. The van der Waals surface area contributed by atoms with Crippen molar-refractivity contribution in [2.24, 2.45) is 16.6 Å². The number of nitrogens with two attached hydrogens (primary N) is 2. The van der Waals surface area contributed by atoms with Crippen molar-refractivity contribution in [3.63, 3.8) is 0 Å². The summed E-state index contributed by atoms with van der Waals surface area (Å²) in [5.74, 6) is 5.46. The van der Waals surface area contributed by atoms with E-state index < -0.39 is 0 Å². The molecule has 0 radical (unpaired) electrons. The molecule has 5 N–H and O–H groups in total. The maximum atomic E-state index is 5.44. The van der Waals surface area contributed by atoms with Crippen LogP contribution in [-0.2, 0) is 0 Å². The lowest BCUT2D eigenvalue weighted by Gasteiger charge is -2.03. The van der Waals surface area contributed by atoms with Crippen molar-refractivity contribution in [1.29, 1.82) is 0 Å². The number of rotatable bonds is 15. The van der Waals surface area contributed by atoms with E-state index in [2.05, 4.69) is 17.3 Å². The van der Waals surface area contributed by atoms with E-state index in [-0.39, 0.29) is 0 Å². The van der Waals surface area contributed by atoms with Crippen LogP contribution in [0.25, 0.3) is 0 Å². The van der Waals surface area contributed by atoms with Crippen molar-refractivity contribution in [2.45, 2.75) is 96.8 Å². The molecule has 21 heavy (non-hydrogen) atoms. The summed E-state index contributed by atoms with van der Waals surface area (Å²) in [6.45, 7) is 3.06. The van der Waals surface area contributed by atoms with E-state index in [4.69, 9.17) is 11.6 Å². The van der Waals surface area contributed by atoms with E-state index in [9.17, 15) is 0 Å². The Kier molecular flexibility index (Phi) is 16.6. The van der Waals surface area contributed by atoms with Gasteiger partial charge in [0.1, 0.15) is 0 Å². The molecule has 126 valence electrons. The molecule has 0 bridgehead atoms. The lowest BCUT2D eigenvalue weighted by molar-refractivity contribution is 0.536. The van der Waals surface area contributed by atoms with E-state index in [0.717, 1.165) is 13.0 Å². The number of guanidine groups is 1. The fourth-order valence-corrected chi connectivity index (χ4v) is 2.55. The van der Waals surface area contributed by atoms with E-state index >= 15 is 0 Å². The average molecular weight is 299 g/mol. The van der Waals surface area contributed by atoms with Crippen LogP contribution >= 0.6 is 0 Å². The molecule has 0 heterocycles. The Morgan fingerprint density at radius 3 is 1.48 bits per heavy atom. The predicted molar refractivity (Wildman–Crippen MR) is 94.1 cm³/mol. The van der Waals surface area contributed by atoms with Crippen LogP contribution in [0.4, 0.5) is 0 Å². The van der Waals surface area contributed by atoms with Crippen LogP contribution in [0, 0.1) is 0 Å². The monoisotopic (exact) mass is 298 g/mol. The molecule has 0 aliphatic carbocycles. The third kappa shape index (κ3) is 17.2. The zero-order valence-electron chi connectivity index (χ0n) is 14.2. The number of hydrazine groups is 1. The summed E-state index contributed by atoms with van der Waals surface area (Å²) in [6, 6.07) is 0. The minimum absolute atomic E-state index is 0.338. The van der Waals surface area contributed by atoms with Gasteiger partial charge in [0.05, 0.1) is 0 Å². The van der Waals surface area contributed by atoms with Gasteiger partial charge in [-0.15, -0.1) is 0 Å².